The lowest BCUT2D eigenvalue weighted by Crippen LogP contribution is -2.40. The van der Waals surface area contributed by atoms with Gasteiger partial charge >= 0.3 is 0 Å². The summed E-state index contributed by atoms with van der Waals surface area (Å²) in [5.74, 6) is 1.80. The summed E-state index contributed by atoms with van der Waals surface area (Å²) >= 11 is 0. The molecule has 1 saturated heterocycles. The van der Waals surface area contributed by atoms with Crippen LogP contribution in [-0.4, -0.2) is 74.7 Å². The van der Waals surface area contributed by atoms with E-state index in [0.29, 0.717) is 6.04 Å². The number of rotatable bonds is 5. The summed E-state index contributed by atoms with van der Waals surface area (Å²) in [7, 11) is 2.21. The minimum absolute atomic E-state index is 0.639. The quantitative estimate of drug-likeness (QED) is 0.572. The highest BCUT2D eigenvalue weighted by atomic mass is 15.2. The van der Waals surface area contributed by atoms with E-state index in [-0.39, 0.29) is 0 Å². The zero-order valence-electron chi connectivity index (χ0n) is 13.4. The second-order valence-corrected chi connectivity index (χ2v) is 6.22. The van der Waals surface area contributed by atoms with E-state index in [1.807, 2.05) is 0 Å². The van der Waals surface area contributed by atoms with Gasteiger partial charge in [0.2, 0.25) is 0 Å². The van der Waals surface area contributed by atoms with Crippen LogP contribution in [0.15, 0.2) is 4.99 Å². The zero-order valence-corrected chi connectivity index (χ0v) is 13.4. The predicted octanol–water partition coefficient (Wildman–Crippen LogP) is 0.587. The molecule has 5 nitrogen and oxygen atoms in total. The number of likely N-dealkylation sites (N-methyl/N-ethyl adjacent to an activating group) is 1. The van der Waals surface area contributed by atoms with Crippen molar-refractivity contribution in [3.63, 3.8) is 0 Å². The van der Waals surface area contributed by atoms with Gasteiger partial charge in [-0.25, -0.2) is 0 Å². The number of nitrogens with one attached hydrogen (secondary N) is 2. The van der Waals surface area contributed by atoms with Gasteiger partial charge in [0.05, 0.1) is 6.54 Å². The first-order valence-corrected chi connectivity index (χ1v) is 8.14. The maximum Gasteiger partial charge on any atom is 0.191 e. The molecule has 1 heterocycles. The molecule has 0 bridgehead atoms. The Balaban J connectivity index is 1.71. The third kappa shape index (κ3) is 5.29. The Bertz CT molecular complexity index is 317. The lowest BCUT2D eigenvalue weighted by Gasteiger charge is -2.19. The maximum absolute atomic E-state index is 4.71. The third-order valence-corrected chi connectivity index (χ3v) is 4.27. The fraction of sp³-hybridized carbons (Fsp3) is 0.933. The van der Waals surface area contributed by atoms with Crippen LogP contribution in [0.5, 0.6) is 0 Å². The number of nitrogens with zero attached hydrogens (tertiary/aromatic N) is 3. The summed E-state index contributed by atoms with van der Waals surface area (Å²) < 4.78 is 0. The van der Waals surface area contributed by atoms with E-state index in [4.69, 9.17) is 4.99 Å². The molecule has 2 fully saturated rings. The first kappa shape index (κ1) is 15.6. The number of guanidine groups is 1. The van der Waals surface area contributed by atoms with Gasteiger partial charge < -0.3 is 20.4 Å². The smallest absolute Gasteiger partial charge is 0.191 e. The average Bonchev–Trinajstić information content (AvgIpc) is 3.14. The average molecular weight is 281 g/mol. The van der Waals surface area contributed by atoms with Crippen molar-refractivity contribution in [2.24, 2.45) is 10.9 Å². The highest BCUT2D eigenvalue weighted by molar-refractivity contribution is 5.80. The minimum atomic E-state index is 0.639. The van der Waals surface area contributed by atoms with Gasteiger partial charge in [0.15, 0.2) is 5.96 Å². The second-order valence-electron chi connectivity index (χ2n) is 6.22. The zero-order chi connectivity index (χ0) is 14.4. The molecule has 0 amide bonds. The Morgan fingerprint density at radius 1 is 1.25 bits per heavy atom. The summed E-state index contributed by atoms with van der Waals surface area (Å²) in [6.45, 7) is 12.1. The molecule has 0 spiro atoms. The summed E-state index contributed by atoms with van der Waals surface area (Å²) in [4.78, 5) is 9.67. The number of hydrogen-bond acceptors (Lipinski definition) is 3. The topological polar surface area (TPSA) is 42.9 Å². The second kappa shape index (κ2) is 7.84. The summed E-state index contributed by atoms with van der Waals surface area (Å²) in [5.41, 5.74) is 0. The van der Waals surface area contributed by atoms with E-state index < -0.39 is 0 Å². The molecule has 5 heteroatoms. The van der Waals surface area contributed by atoms with E-state index >= 15 is 0 Å². The van der Waals surface area contributed by atoms with Crippen LogP contribution in [0.1, 0.15) is 26.7 Å². The number of aliphatic imine (C=N–C) groups is 1. The fourth-order valence-electron chi connectivity index (χ4n) is 2.65. The predicted molar refractivity (Wildman–Crippen MR) is 85.2 cm³/mol. The Hall–Kier alpha value is -0.810. The van der Waals surface area contributed by atoms with Gasteiger partial charge in [-0.3, -0.25) is 4.99 Å². The van der Waals surface area contributed by atoms with Crippen molar-refractivity contribution >= 4 is 5.96 Å². The van der Waals surface area contributed by atoms with Gasteiger partial charge in [0.25, 0.3) is 0 Å². The molecule has 2 unspecified atom stereocenters. The highest BCUT2D eigenvalue weighted by Crippen LogP contribution is 2.28. The molecular formula is C15H31N5. The molecule has 2 rings (SSSR count). The molecule has 2 atom stereocenters. The molecule has 2 N–H and O–H groups in total. The molecule has 20 heavy (non-hydrogen) atoms. The highest BCUT2D eigenvalue weighted by Gasteiger charge is 2.33. The minimum Gasteiger partial charge on any atom is -0.357 e. The Kier molecular flexibility index (Phi) is 6.10. The van der Waals surface area contributed by atoms with Crippen molar-refractivity contribution in [2.45, 2.75) is 32.7 Å². The van der Waals surface area contributed by atoms with Gasteiger partial charge in [0, 0.05) is 32.2 Å². The molecule has 0 aromatic heterocycles. The van der Waals surface area contributed by atoms with Crippen LogP contribution in [-0.2, 0) is 0 Å². The lowest BCUT2D eigenvalue weighted by molar-refractivity contribution is 0.283. The Morgan fingerprint density at radius 3 is 2.75 bits per heavy atom. The van der Waals surface area contributed by atoms with Crippen molar-refractivity contribution in [1.82, 2.24) is 20.4 Å². The Labute approximate surface area is 123 Å². The van der Waals surface area contributed by atoms with Gasteiger partial charge in [-0.1, -0.05) is 6.92 Å². The van der Waals surface area contributed by atoms with Crippen LogP contribution in [0.25, 0.3) is 0 Å². The van der Waals surface area contributed by atoms with Gasteiger partial charge in [-0.2, -0.15) is 0 Å². The molecule has 0 aromatic carbocycles. The number of hydrogen-bond donors (Lipinski definition) is 2. The van der Waals surface area contributed by atoms with Crippen molar-refractivity contribution < 1.29 is 0 Å². The van der Waals surface area contributed by atoms with Crippen LogP contribution in [0.4, 0.5) is 0 Å². The molecule has 2 aliphatic rings. The molecule has 0 radical (unpaired) electrons. The van der Waals surface area contributed by atoms with Crippen LogP contribution >= 0.6 is 0 Å². The SMILES string of the molecule is CCNC(=NCCN1CCCN(C)CC1)NC1CC1C. The first-order chi connectivity index (χ1) is 9.69. The van der Waals surface area contributed by atoms with E-state index in [9.17, 15) is 0 Å². The normalized spacial score (nSPS) is 29.1. The third-order valence-electron chi connectivity index (χ3n) is 4.27. The molecule has 1 saturated carbocycles. The largest absolute Gasteiger partial charge is 0.357 e. The van der Waals surface area contributed by atoms with Gasteiger partial charge in [-0.15, -0.1) is 0 Å². The van der Waals surface area contributed by atoms with E-state index in [1.165, 1.54) is 39.0 Å². The van der Waals surface area contributed by atoms with E-state index in [0.717, 1.165) is 31.5 Å². The van der Waals surface area contributed by atoms with Crippen LogP contribution in [0, 0.1) is 5.92 Å². The summed E-state index contributed by atoms with van der Waals surface area (Å²) in [6, 6.07) is 0.639. The Morgan fingerprint density at radius 2 is 2.05 bits per heavy atom. The van der Waals surface area contributed by atoms with Crippen LogP contribution in [0.2, 0.25) is 0 Å². The molecule has 1 aliphatic carbocycles. The van der Waals surface area contributed by atoms with Crippen molar-refractivity contribution in [2.75, 3.05) is 52.9 Å². The van der Waals surface area contributed by atoms with E-state index in [2.05, 4.69) is 41.3 Å². The standard InChI is InChI=1S/C15H31N5/c1-4-16-15(18-14-12-13(14)2)17-6-9-20-8-5-7-19(3)10-11-20/h13-14H,4-12H2,1-3H3,(H2,16,17,18). The van der Waals surface area contributed by atoms with Crippen LogP contribution < -0.4 is 10.6 Å². The maximum atomic E-state index is 4.71. The molecular weight excluding hydrogens is 250 g/mol. The van der Waals surface area contributed by atoms with Gasteiger partial charge in [0.1, 0.15) is 0 Å². The molecule has 1 aliphatic heterocycles. The van der Waals surface area contributed by atoms with E-state index in [1.54, 1.807) is 0 Å². The van der Waals surface area contributed by atoms with Crippen molar-refractivity contribution in [1.29, 1.82) is 0 Å². The lowest BCUT2D eigenvalue weighted by atomic mass is 10.4. The monoisotopic (exact) mass is 281 g/mol. The molecule has 0 aromatic rings. The van der Waals surface area contributed by atoms with Crippen molar-refractivity contribution in [3.05, 3.63) is 0 Å². The molecule has 116 valence electrons. The van der Waals surface area contributed by atoms with Crippen LogP contribution in [0.3, 0.4) is 0 Å². The first-order valence-electron chi connectivity index (χ1n) is 8.14. The summed E-state index contributed by atoms with van der Waals surface area (Å²) in [5, 5.41) is 6.85. The fourth-order valence-corrected chi connectivity index (χ4v) is 2.65. The summed E-state index contributed by atoms with van der Waals surface area (Å²) in [6.07, 6.45) is 2.56. The van der Waals surface area contributed by atoms with Gasteiger partial charge in [-0.05, 0) is 45.8 Å². The van der Waals surface area contributed by atoms with Crippen molar-refractivity contribution in [3.8, 4) is 0 Å².